The van der Waals surface area contributed by atoms with E-state index in [0.717, 1.165) is 17.8 Å². The number of aromatic nitrogens is 3. The van der Waals surface area contributed by atoms with E-state index < -0.39 is 9.84 Å². The first-order valence-electron chi connectivity index (χ1n) is 11.9. The van der Waals surface area contributed by atoms with Crippen LogP contribution in [0.25, 0.3) is 0 Å². The zero-order valence-corrected chi connectivity index (χ0v) is 20.5. The van der Waals surface area contributed by atoms with E-state index >= 15 is 0 Å². The molecule has 4 aliphatic carbocycles. The third-order valence-electron chi connectivity index (χ3n) is 8.37. The molecule has 9 heteroatoms. The fourth-order valence-corrected chi connectivity index (χ4v) is 9.79. The number of hydrogen-bond donors (Lipinski definition) is 1. The summed E-state index contributed by atoms with van der Waals surface area (Å²) in [4.78, 5) is 12.8. The summed E-state index contributed by atoms with van der Waals surface area (Å²) in [6, 6.07) is 0.203. The second-order valence-electron chi connectivity index (χ2n) is 10.7. The molecule has 2 atom stereocenters. The van der Waals surface area contributed by atoms with Gasteiger partial charge >= 0.3 is 0 Å². The quantitative estimate of drug-likeness (QED) is 0.456. The van der Waals surface area contributed by atoms with E-state index in [-0.39, 0.29) is 35.1 Å². The molecule has 6 rings (SSSR count). The minimum absolute atomic E-state index is 0.0383. The third kappa shape index (κ3) is 4.27. The van der Waals surface area contributed by atoms with Crippen molar-refractivity contribution in [2.45, 2.75) is 75.5 Å². The lowest BCUT2D eigenvalue weighted by Gasteiger charge is -2.59. The van der Waals surface area contributed by atoms with Crippen LogP contribution in [0.1, 0.15) is 63.6 Å². The molecule has 0 unspecified atom stereocenters. The van der Waals surface area contributed by atoms with Crippen LogP contribution in [0.3, 0.4) is 0 Å². The van der Waals surface area contributed by atoms with Crippen LogP contribution in [-0.4, -0.2) is 52.4 Å². The van der Waals surface area contributed by atoms with E-state index in [2.05, 4.69) is 29.0 Å². The maximum absolute atomic E-state index is 12.8. The third-order valence-corrected chi connectivity index (χ3v) is 11.1. The van der Waals surface area contributed by atoms with Crippen LogP contribution in [0.4, 0.5) is 0 Å². The SMILES string of the molecule is C=CCn1c(SCC(=O)N[C@@H](C)C23CC4CC(CC(C4)C2)C3)nnc1[C@H]1CCS(=O)(=O)C1. The predicted octanol–water partition coefficient (Wildman–Crippen LogP) is 3.18. The minimum Gasteiger partial charge on any atom is -0.352 e. The van der Waals surface area contributed by atoms with Gasteiger partial charge in [0.15, 0.2) is 15.0 Å². The van der Waals surface area contributed by atoms with Crippen LogP contribution < -0.4 is 5.32 Å². The summed E-state index contributed by atoms with van der Waals surface area (Å²) < 4.78 is 25.7. The molecule has 5 aliphatic rings. The Hall–Kier alpha value is -1.35. The lowest BCUT2D eigenvalue weighted by atomic mass is 9.48. The number of amides is 1. The monoisotopic (exact) mass is 478 g/mol. The van der Waals surface area contributed by atoms with Crippen molar-refractivity contribution in [1.82, 2.24) is 20.1 Å². The number of hydrogen-bond acceptors (Lipinski definition) is 6. The van der Waals surface area contributed by atoms with E-state index in [0.29, 0.717) is 29.4 Å². The zero-order valence-electron chi connectivity index (χ0n) is 18.8. The van der Waals surface area contributed by atoms with Crippen molar-refractivity contribution in [3.8, 4) is 0 Å². The molecule has 0 radical (unpaired) electrons. The summed E-state index contributed by atoms with van der Waals surface area (Å²) in [6.07, 6.45) is 10.4. The Morgan fingerprint density at radius 3 is 2.47 bits per heavy atom. The highest BCUT2D eigenvalue weighted by molar-refractivity contribution is 7.99. The molecule has 1 aliphatic heterocycles. The van der Waals surface area contributed by atoms with E-state index in [4.69, 9.17) is 0 Å². The van der Waals surface area contributed by atoms with E-state index in [1.807, 2.05) is 4.57 Å². The van der Waals surface area contributed by atoms with Gasteiger partial charge in [-0.3, -0.25) is 4.79 Å². The Balaban J connectivity index is 1.21. The molecule has 1 amide bonds. The first-order valence-corrected chi connectivity index (χ1v) is 14.7. The van der Waals surface area contributed by atoms with Gasteiger partial charge in [-0.25, -0.2) is 8.42 Å². The fourth-order valence-electron chi connectivity index (χ4n) is 7.28. The molecule has 4 bridgehead atoms. The van der Waals surface area contributed by atoms with Gasteiger partial charge in [0, 0.05) is 18.5 Å². The number of thioether (sulfide) groups is 1. The molecule has 1 N–H and O–H groups in total. The van der Waals surface area contributed by atoms with Gasteiger partial charge in [0.25, 0.3) is 0 Å². The molecule has 4 saturated carbocycles. The Kier molecular flexibility index (Phi) is 5.93. The lowest BCUT2D eigenvalue weighted by Crippen LogP contribution is -2.56. The molecule has 7 nitrogen and oxygen atoms in total. The maximum atomic E-state index is 12.8. The fraction of sp³-hybridized carbons (Fsp3) is 0.783. The number of sulfone groups is 1. The number of carbonyl (C=O) groups excluding carboxylic acids is 1. The summed E-state index contributed by atoms with van der Waals surface area (Å²) in [5.74, 6) is 3.80. The molecule has 176 valence electrons. The van der Waals surface area contributed by atoms with Gasteiger partial charge in [0.2, 0.25) is 5.91 Å². The molecular formula is C23H34N4O3S2. The van der Waals surface area contributed by atoms with Crippen molar-refractivity contribution in [1.29, 1.82) is 0 Å². The van der Waals surface area contributed by atoms with Crippen molar-refractivity contribution in [3.05, 3.63) is 18.5 Å². The largest absolute Gasteiger partial charge is 0.352 e. The average molecular weight is 479 g/mol. The van der Waals surface area contributed by atoms with Crippen LogP contribution >= 0.6 is 11.8 Å². The van der Waals surface area contributed by atoms with Gasteiger partial charge in [0.05, 0.1) is 17.3 Å². The molecule has 1 aromatic rings. The average Bonchev–Trinajstić information content (AvgIpc) is 3.28. The summed E-state index contributed by atoms with van der Waals surface area (Å²) >= 11 is 1.37. The number of nitrogens with zero attached hydrogens (tertiary/aromatic N) is 3. The summed E-state index contributed by atoms with van der Waals surface area (Å²) in [6.45, 7) is 6.52. The minimum atomic E-state index is -3.00. The molecule has 32 heavy (non-hydrogen) atoms. The van der Waals surface area contributed by atoms with E-state index in [9.17, 15) is 13.2 Å². The van der Waals surface area contributed by atoms with Crippen molar-refractivity contribution in [2.24, 2.45) is 23.2 Å². The second-order valence-corrected chi connectivity index (χ2v) is 13.9. The first-order chi connectivity index (χ1) is 15.3. The number of carbonyl (C=O) groups is 1. The van der Waals surface area contributed by atoms with Crippen molar-refractivity contribution in [2.75, 3.05) is 17.3 Å². The van der Waals surface area contributed by atoms with Crippen molar-refractivity contribution in [3.63, 3.8) is 0 Å². The van der Waals surface area contributed by atoms with Crippen LogP contribution in [0.15, 0.2) is 17.8 Å². The topological polar surface area (TPSA) is 93.9 Å². The maximum Gasteiger partial charge on any atom is 0.230 e. The van der Waals surface area contributed by atoms with Gasteiger partial charge in [0.1, 0.15) is 5.82 Å². The summed E-state index contributed by atoms with van der Waals surface area (Å²) in [5.41, 5.74) is 0.291. The van der Waals surface area contributed by atoms with E-state index in [1.54, 1.807) is 6.08 Å². The number of nitrogens with one attached hydrogen (secondary N) is 1. The van der Waals surface area contributed by atoms with Crippen LogP contribution in [0, 0.1) is 23.2 Å². The highest BCUT2D eigenvalue weighted by atomic mass is 32.2. The van der Waals surface area contributed by atoms with Gasteiger partial charge < -0.3 is 9.88 Å². The van der Waals surface area contributed by atoms with Gasteiger partial charge in [-0.15, -0.1) is 16.8 Å². The first kappa shape index (κ1) is 22.4. The highest BCUT2D eigenvalue weighted by Crippen LogP contribution is 2.61. The Morgan fingerprint density at radius 2 is 1.91 bits per heavy atom. The molecule has 0 aromatic carbocycles. The van der Waals surface area contributed by atoms with Crippen LogP contribution in [-0.2, 0) is 21.2 Å². The lowest BCUT2D eigenvalue weighted by molar-refractivity contribution is -0.123. The van der Waals surface area contributed by atoms with Crippen LogP contribution in [0.2, 0.25) is 0 Å². The number of rotatable bonds is 8. The molecule has 1 saturated heterocycles. The van der Waals surface area contributed by atoms with Gasteiger partial charge in [-0.05, 0) is 75.0 Å². The molecular weight excluding hydrogens is 444 g/mol. The standard InChI is InChI=1S/C23H34N4O3S2/c1-3-5-27-21(19-4-6-32(29,30)14-19)25-26-22(27)31-13-20(28)24-15(2)23-10-16-7-17(11-23)9-18(8-16)12-23/h3,15-19H,1,4-14H2,2H3,(H,24,28)/t15-,16?,17?,18?,19-,23?/m0/s1. The highest BCUT2D eigenvalue weighted by Gasteiger charge is 2.53. The van der Waals surface area contributed by atoms with Crippen LogP contribution in [0.5, 0.6) is 0 Å². The van der Waals surface area contributed by atoms with Gasteiger partial charge in [-0.1, -0.05) is 17.8 Å². The summed E-state index contributed by atoms with van der Waals surface area (Å²) in [7, 11) is -3.00. The Morgan fingerprint density at radius 1 is 1.25 bits per heavy atom. The van der Waals surface area contributed by atoms with Crippen molar-refractivity contribution < 1.29 is 13.2 Å². The van der Waals surface area contributed by atoms with Crippen molar-refractivity contribution >= 4 is 27.5 Å². The Bertz CT molecular complexity index is 968. The van der Waals surface area contributed by atoms with E-state index in [1.165, 1.54) is 50.3 Å². The molecule has 1 aromatic heterocycles. The summed E-state index contributed by atoms with van der Waals surface area (Å²) in [5, 5.41) is 12.6. The Labute approximate surface area is 195 Å². The van der Waals surface area contributed by atoms with Gasteiger partial charge in [-0.2, -0.15) is 0 Å². The number of allylic oxidation sites excluding steroid dienone is 1. The zero-order chi connectivity index (χ0) is 22.5. The molecule has 0 spiro atoms. The molecule has 2 heterocycles. The molecule has 5 fully saturated rings. The second kappa shape index (κ2) is 8.46. The smallest absolute Gasteiger partial charge is 0.230 e. The normalized spacial score (nSPS) is 35.7. The predicted molar refractivity (Wildman–Crippen MR) is 125 cm³/mol.